The molecule has 0 aromatic rings. The average Bonchev–Trinajstić information content (AvgIpc) is 2.03. The molecule has 0 aromatic heterocycles. The van der Waals surface area contributed by atoms with Gasteiger partial charge in [-0.2, -0.15) is 0 Å². The highest BCUT2D eigenvalue weighted by atomic mass is 28.3. The number of hydrogen-bond acceptors (Lipinski definition) is 2. The lowest BCUT2D eigenvalue weighted by molar-refractivity contribution is -0.269. The molecule has 0 saturated heterocycles. The molecule has 0 amide bonds. The van der Waals surface area contributed by atoms with Gasteiger partial charge in [-0.25, -0.2) is 4.89 Å². The van der Waals surface area contributed by atoms with Crippen LogP contribution in [0.3, 0.4) is 0 Å². The van der Waals surface area contributed by atoms with Crippen molar-refractivity contribution in [3.8, 4) is 0 Å². The molecule has 12 heavy (non-hydrogen) atoms. The summed E-state index contributed by atoms with van der Waals surface area (Å²) in [5.41, 5.74) is 0. The van der Waals surface area contributed by atoms with E-state index in [-0.39, 0.29) is 6.10 Å². The van der Waals surface area contributed by atoms with Crippen LogP contribution in [-0.4, -0.2) is 19.4 Å². The standard InChI is InChI=1S/C9H18O2Si/c1-12(2,3)9-7-5-4-6-8(9)11-10/h7-8,10H,4-6H2,1-3H3/t8-/m0/s1. The Bertz CT molecular complexity index is 181. The van der Waals surface area contributed by atoms with Crippen molar-refractivity contribution in [1.29, 1.82) is 0 Å². The highest BCUT2D eigenvalue weighted by molar-refractivity contribution is 6.83. The first kappa shape index (κ1) is 9.96. The molecule has 3 heteroatoms. The zero-order chi connectivity index (χ0) is 9.19. The lowest BCUT2D eigenvalue weighted by Gasteiger charge is -2.29. The summed E-state index contributed by atoms with van der Waals surface area (Å²) >= 11 is 0. The molecule has 0 saturated carbocycles. The van der Waals surface area contributed by atoms with Crippen molar-refractivity contribution in [1.82, 2.24) is 0 Å². The zero-order valence-corrected chi connectivity index (χ0v) is 9.13. The van der Waals surface area contributed by atoms with Crippen LogP contribution < -0.4 is 0 Å². The van der Waals surface area contributed by atoms with Crippen molar-refractivity contribution in [2.24, 2.45) is 0 Å². The predicted molar refractivity (Wildman–Crippen MR) is 52.8 cm³/mol. The Morgan fingerprint density at radius 1 is 1.50 bits per heavy atom. The fraction of sp³-hybridized carbons (Fsp3) is 0.778. The Labute approximate surface area is 75.2 Å². The molecule has 1 rings (SSSR count). The molecule has 70 valence electrons. The van der Waals surface area contributed by atoms with E-state index in [4.69, 9.17) is 5.26 Å². The lowest BCUT2D eigenvalue weighted by Crippen LogP contribution is -2.34. The molecule has 0 aliphatic heterocycles. The van der Waals surface area contributed by atoms with Gasteiger partial charge >= 0.3 is 0 Å². The van der Waals surface area contributed by atoms with Crippen molar-refractivity contribution in [3.63, 3.8) is 0 Å². The fourth-order valence-corrected chi connectivity index (χ4v) is 3.67. The van der Waals surface area contributed by atoms with Crippen LogP contribution in [0.2, 0.25) is 19.6 Å². The van der Waals surface area contributed by atoms with Crippen LogP contribution in [0.15, 0.2) is 11.3 Å². The molecule has 0 bridgehead atoms. The third kappa shape index (κ3) is 2.18. The first-order valence-corrected chi connectivity index (χ1v) is 8.06. The minimum Gasteiger partial charge on any atom is -0.251 e. The monoisotopic (exact) mass is 186 g/mol. The largest absolute Gasteiger partial charge is 0.251 e. The lowest BCUT2D eigenvalue weighted by atomic mass is 10.1. The van der Waals surface area contributed by atoms with Crippen molar-refractivity contribution in [2.75, 3.05) is 0 Å². The highest BCUT2D eigenvalue weighted by Gasteiger charge is 2.29. The molecule has 0 aromatic carbocycles. The van der Waals surface area contributed by atoms with E-state index >= 15 is 0 Å². The second kappa shape index (κ2) is 3.73. The summed E-state index contributed by atoms with van der Waals surface area (Å²) in [7, 11) is -1.26. The second-order valence-corrected chi connectivity index (χ2v) is 9.51. The summed E-state index contributed by atoms with van der Waals surface area (Å²) in [5.74, 6) is 0. The van der Waals surface area contributed by atoms with E-state index in [1.807, 2.05) is 0 Å². The maximum atomic E-state index is 8.71. The summed E-state index contributed by atoms with van der Waals surface area (Å²) in [6.07, 6.45) is 5.52. The van der Waals surface area contributed by atoms with Gasteiger partial charge in [-0.05, 0) is 19.3 Å². The van der Waals surface area contributed by atoms with Crippen LogP contribution in [0.4, 0.5) is 0 Å². The first-order chi connectivity index (χ1) is 5.55. The van der Waals surface area contributed by atoms with E-state index < -0.39 is 8.07 Å². The van der Waals surface area contributed by atoms with Gasteiger partial charge in [0.15, 0.2) is 0 Å². The third-order valence-corrected chi connectivity index (χ3v) is 4.63. The molecule has 1 aliphatic rings. The molecule has 2 nitrogen and oxygen atoms in total. The summed E-state index contributed by atoms with van der Waals surface area (Å²) < 4.78 is 0. The van der Waals surface area contributed by atoms with E-state index in [0.717, 1.165) is 19.3 Å². The van der Waals surface area contributed by atoms with E-state index in [9.17, 15) is 0 Å². The molecule has 0 fully saturated rings. The molecular weight excluding hydrogens is 168 g/mol. The van der Waals surface area contributed by atoms with E-state index in [1.165, 1.54) is 5.20 Å². The summed E-state index contributed by atoms with van der Waals surface area (Å²) in [6, 6.07) is 0. The van der Waals surface area contributed by atoms with Gasteiger partial charge in [-0.1, -0.05) is 30.9 Å². The van der Waals surface area contributed by atoms with Crippen LogP contribution >= 0.6 is 0 Å². The maximum absolute atomic E-state index is 8.71. The Morgan fingerprint density at radius 2 is 2.17 bits per heavy atom. The van der Waals surface area contributed by atoms with Crippen LogP contribution in [-0.2, 0) is 4.89 Å². The zero-order valence-electron chi connectivity index (χ0n) is 8.13. The van der Waals surface area contributed by atoms with E-state index in [0.29, 0.717) is 0 Å². The smallest absolute Gasteiger partial charge is 0.110 e. The highest BCUT2D eigenvalue weighted by Crippen LogP contribution is 2.28. The van der Waals surface area contributed by atoms with Crippen molar-refractivity contribution in [3.05, 3.63) is 11.3 Å². The maximum Gasteiger partial charge on any atom is 0.110 e. The minimum absolute atomic E-state index is 0.00887. The van der Waals surface area contributed by atoms with Gasteiger partial charge in [-0.15, -0.1) is 0 Å². The normalized spacial score (nSPS) is 25.3. The van der Waals surface area contributed by atoms with E-state index in [1.54, 1.807) is 0 Å². The number of hydrogen-bond donors (Lipinski definition) is 1. The van der Waals surface area contributed by atoms with Gasteiger partial charge in [0.05, 0.1) is 8.07 Å². The van der Waals surface area contributed by atoms with Gasteiger partial charge in [0.1, 0.15) is 6.10 Å². The Hall–Kier alpha value is -0.123. The van der Waals surface area contributed by atoms with Gasteiger partial charge in [0, 0.05) is 0 Å². The molecule has 0 spiro atoms. The fourth-order valence-electron chi connectivity index (χ4n) is 1.75. The summed E-state index contributed by atoms with van der Waals surface area (Å²) in [6.45, 7) is 6.86. The molecular formula is C9H18O2Si. The van der Waals surface area contributed by atoms with Gasteiger partial charge in [0.2, 0.25) is 0 Å². The Morgan fingerprint density at radius 3 is 2.58 bits per heavy atom. The van der Waals surface area contributed by atoms with Gasteiger partial charge in [-0.3, -0.25) is 5.26 Å². The molecule has 1 N–H and O–H groups in total. The molecule has 0 heterocycles. The van der Waals surface area contributed by atoms with Gasteiger partial charge in [0.25, 0.3) is 0 Å². The second-order valence-electron chi connectivity index (χ2n) is 4.43. The average molecular weight is 186 g/mol. The minimum atomic E-state index is -1.26. The summed E-state index contributed by atoms with van der Waals surface area (Å²) in [4.78, 5) is 4.50. The van der Waals surface area contributed by atoms with E-state index in [2.05, 4.69) is 30.6 Å². The molecule has 1 aliphatic carbocycles. The number of allylic oxidation sites excluding steroid dienone is 1. The molecule has 0 unspecified atom stereocenters. The van der Waals surface area contributed by atoms with Crippen LogP contribution in [0, 0.1) is 0 Å². The molecule has 1 atom stereocenters. The molecule has 0 radical (unpaired) electrons. The quantitative estimate of drug-likeness (QED) is 0.408. The first-order valence-electron chi connectivity index (χ1n) is 4.56. The topological polar surface area (TPSA) is 29.5 Å². The summed E-state index contributed by atoms with van der Waals surface area (Å²) in [5, 5.41) is 10.1. The van der Waals surface area contributed by atoms with Gasteiger partial charge < -0.3 is 0 Å². The van der Waals surface area contributed by atoms with Crippen LogP contribution in [0.5, 0.6) is 0 Å². The SMILES string of the molecule is C[Si](C)(C)C1=CCCC[C@@H]1OO. The van der Waals surface area contributed by atoms with Crippen molar-refractivity contribution in [2.45, 2.75) is 45.0 Å². The third-order valence-electron chi connectivity index (χ3n) is 2.37. The Balaban J connectivity index is 2.77. The number of rotatable bonds is 2. The van der Waals surface area contributed by atoms with Crippen molar-refractivity contribution >= 4 is 8.07 Å². The van der Waals surface area contributed by atoms with Crippen molar-refractivity contribution < 1.29 is 10.1 Å². The predicted octanol–water partition coefficient (Wildman–Crippen LogP) is 2.83. The Kier molecular flexibility index (Phi) is 3.09. The van der Waals surface area contributed by atoms with Crippen LogP contribution in [0.25, 0.3) is 0 Å². The van der Waals surface area contributed by atoms with Crippen LogP contribution in [0.1, 0.15) is 19.3 Å².